The lowest BCUT2D eigenvalue weighted by Crippen LogP contribution is -2.34. The van der Waals surface area contributed by atoms with E-state index in [0.717, 1.165) is 11.1 Å². The molecule has 0 heterocycles. The van der Waals surface area contributed by atoms with Gasteiger partial charge < -0.3 is 5.32 Å². The summed E-state index contributed by atoms with van der Waals surface area (Å²) in [5, 5.41) is 6.40. The number of nitrogens with one attached hydrogen (secondary N) is 1. The third-order valence-electron chi connectivity index (χ3n) is 3.08. The van der Waals surface area contributed by atoms with Crippen LogP contribution >= 0.6 is 0 Å². The monoisotopic (exact) mass is 280 g/mol. The Kier molecular flexibility index (Phi) is 5.38. The molecule has 1 amide bonds. The van der Waals surface area contributed by atoms with E-state index in [0.29, 0.717) is 13.0 Å². The van der Waals surface area contributed by atoms with E-state index >= 15 is 0 Å². The van der Waals surface area contributed by atoms with Crippen LogP contribution in [-0.2, 0) is 17.8 Å². The summed E-state index contributed by atoms with van der Waals surface area (Å²) in [4.78, 5) is 14.9. The van der Waals surface area contributed by atoms with Crippen molar-refractivity contribution in [3.05, 3.63) is 82.2 Å². The molecule has 0 aliphatic heterocycles. The van der Waals surface area contributed by atoms with E-state index in [-0.39, 0.29) is 5.91 Å². The van der Waals surface area contributed by atoms with Crippen molar-refractivity contribution in [2.45, 2.75) is 19.0 Å². The normalized spacial score (nSPS) is 11.2. The zero-order valence-corrected chi connectivity index (χ0v) is 11.5. The van der Waals surface area contributed by atoms with E-state index in [4.69, 9.17) is 5.53 Å². The van der Waals surface area contributed by atoms with E-state index in [1.54, 1.807) is 0 Å². The smallest absolute Gasteiger partial charge is 0.229 e. The maximum absolute atomic E-state index is 12.1. The van der Waals surface area contributed by atoms with Crippen LogP contribution in [0.15, 0.2) is 65.8 Å². The quantitative estimate of drug-likeness (QED) is 0.492. The van der Waals surface area contributed by atoms with Crippen molar-refractivity contribution in [2.24, 2.45) is 5.11 Å². The van der Waals surface area contributed by atoms with Gasteiger partial charge in [0, 0.05) is 11.5 Å². The van der Waals surface area contributed by atoms with Crippen molar-refractivity contribution in [3.8, 4) is 0 Å². The average molecular weight is 280 g/mol. The summed E-state index contributed by atoms with van der Waals surface area (Å²) in [5.41, 5.74) is 10.6. The number of carbonyl (C=O) groups is 1. The van der Waals surface area contributed by atoms with Gasteiger partial charge in [-0.3, -0.25) is 4.79 Å². The van der Waals surface area contributed by atoms with Gasteiger partial charge in [0.2, 0.25) is 5.91 Å². The molecule has 21 heavy (non-hydrogen) atoms. The van der Waals surface area contributed by atoms with Crippen LogP contribution < -0.4 is 5.32 Å². The van der Waals surface area contributed by atoms with Gasteiger partial charge in [-0.15, -0.1) is 0 Å². The summed E-state index contributed by atoms with van der Waals surface area (Å²) in [6.45, 7) is 0.423. The first-order valence-corrected chi connectivity index (χ1v) is 6.69. The fraction of sp³-hybridized carbons (Fsp3) is 0.188. The number of azide groups is 1. The molecule has 0 spiro atoms. The predicted molar refractivity (Wildman–Crippen MR) is 81.4 cm³/mol. The van der Waals surface area contributed by atoms with Crippen molar-refractivity contribution in [2.75, 3.05) is 0 Å². The first-order chi connectivity index (χ1) is 10.3. The minimum Gasteiger partial charge on any atom is -0.352 e. The molecule has 2 aromatic carbocycles. The fourth-order valence-corrected chi connectivity index (χ4v) is 1.99. The second kappa shape index (κ2) is 7.72. The molecule has 0 bridgehead atoms. The highest BCUT2D eigenvalue weighted by Gasteiger charge is 2.16. The van der Waals surface area contributed by atoms with Crippen LogP contribution in [0.4, 0.5) is 0 Å². The zero-order chi connectivity index (χ0) is 14.9. The molecular weight excluding hydrogens is 264 g/mol. The van der Waals surface area contributed by atoms with Crippen LogP contribution in [-0.4, -0.2) is 11.9 Å². The Morgan fingerprint density at radius 3 is 2.19 bits per heavy atom. The molecule has 1 atom stereocenters. The number of carbonyl (C=O) groups excluding carboxylic acids is 1. The van der Waals surface area contributed by atoms with Gasteiger partial charge in [0.1, 0.15) is 6.04 Å². The van der Waals surface area contributed by atoms with Crippen molar-refractivity contribution in [1.82, 2.24) is 5.32 Å². The molecule has 0 aliphatic rings. The maximum atomic E-state index is 12.1. The van der Waals surface area contributed by atoms with E-state index in [1.165, 1.54) is 0 Å². The average Bonchev–Trinajstić information content (AvgIpc) is 2.54. The van der Waals surface area contributed by atoms with Crippen molar-refractivity contribution in [3.63, 3.8) is 0 Å². The second-order valence-electron chi connectivity index (χ2n) is 4.61. The molecule has 0 fully saturated rings. The molecule has 1 N–H and O–H groups in total. The van der Waals surface area contributed by atoms with Crippen LogP contribution in [0.3, 0.4) is 0 Å². The van der Waals surface area contributed by atoms with Crippen LogP contribution in [0.1, 0.15) is 11.1 Å². The molecule has 0 aromatic heterocycles. The Labute approximate surface area is 123 Å². The third kappa shape index (κ3) is 4.67. The lowest BCUT2D eigenvalue weighted by molar-refractivity contribution is -0.122. The molecule has 2 rings (SSSR count). The topological polar surface area (TPSA) is 77.9 Å². The molecule has 0 aliphatic carbocycles. The van der Waals surface area contributed by atoms with Gasteiger partial charge >= 0.3 is 0 Å². The Morgan fingerprint density at radius 1 is 1.05 bits per heavy atom. The molecule has 0 saturated carbocycles. The predicted octanol–water partition coefficient (Wildman–Crippen LogP) is 3.22. The Hall–Kier alpha value is -2.78. The van der Waals surface area contributed by atoms with Crippen LogP contribution in [0, 0.1) is 0 Å². The summed E-state index contributed by atoms with van der Waals surface area (Å²) in [6, 6.07) is 18.4. The van der Waals surface area contributed by atoms with E-state index < -0.39 is 6.04 Å². The Balaban J connectivity index is 1.97. The van der Waals surface area contributed by atoms with E-state index in [1.807, 2.05) is 60.7 Å². The lowest BCUT2D eigenvalue weighted by atomic mass is 10.1. The number of hydrogen-bond acceptors (Lipinski definition) is 2. The van der Waals surface area contributed by atoms with Gasteiger partial charge in [-0.1, -0.05) is 65.8 Å². The molecule has 0 radical (unpaired) electrons. The van der Waals surface area contributed by atoms with Crippen LogP contribution in [0.2, 0.25) is 0 Å². The van der Waals surface area contributed by atoms with Gasteiger partial charge in [-0.25, -0.2) is 0 Å². The highest BCUT2D eigenvalue weighted by Crippen LogP contribution is 2.07. The van der Waals surface area contributed by atoms with E-state index in [9.17, 15) is 4.79 Å². The summed E-state index contributed by atoms with van der Waals surface area (Å²) >= 11 is 0. The zero-order valence-electron chi connectivity index (χ0n) is 11.5. The SMILES string of the molecule is [N-]=[N+]=N[C@H](Cc1ccccc1)C(=O)NCc1ccccc1. The van der Waals surface area contributed by atoms with Gasteiger partial charge in [0.15, 0.2) is 0 Å². The number of benzene rings is 2. The van der Waals surface area contributed by atoms with Gasteiger partial charge in [0.05, 0.1) is 0 Å². The molecule has 0 saturated heterocycles. The van der Waals surface area contributed by atoms with Gasteiger partial charge in [0.25, 0.3) is 0 Å². The minimum absolute atomic E-state index is 0.263. The highest BCUT2D eigenvalue weighted by molar-refractivity contribution is 5.82. The number of amides is 1. The Bertz CT molecular complexity index is 621. The summed E-state index contributed by atoms with van der Waals surface area (Å²) in [5.74, 6) is -0.263. The van der Waals surface area contributed by atoms with Crippen molar-refractivity contribution < 1.29 is 4.79 Å². The molecular formula is C16H16N4O. The van der Waals surface area contributed by atoms with Gasteiger partial charge in [-0.05, 0) is 23.1 Å². The van der Waals surface area contributed by atoms with Gasteiger partial charge in [-0.2, -0.15) is 0 Å². The van der Waals surface area contributed by atoms with Crippen LogP contribution in [0.5, 0.6) is 0 Å². The van der Waals surface area contributed by atoms with Crippen molar-refractivity contribution >= 4 is 5.91 Å². The summed E-state index contributed by atoms with van der Waals surface area (Å²) < 4.78 is 0. The molecule has 0 unspecified atom stereocenters. The largest absolute Gasteiger partial charge is 0.352 e. The second-order valence-corrected chi connectivity index (χ2v) is 4.61. The fourth-order valence-electron chi connectivity index (χ4n) is 1.99. The van der Waals surface area contributed by atoms with Crippen molar-refractivity contribution in [1.29, 1.82) is 0 Å². The maximum Gasteiger partial charge on any atom is 0.229 e. The lowest BCUT2D eigenvalue weighted by Gasteiger charge is -2.12. The Morgan fingerprint density at radius 2 is 1.62 bits per heavy atom. The highest BCUT2D eigenvalue weighted by atomic mass is 16.2. The third-order valence-corrected chi connectivity index (χ3v) is 3.08. The van der Waals surface area contributed by atoms with Crippen LogP contribution in [0.25, 0.3) is 10.4 Å². The summed E-state index contributed by atoms with van der Waals surface area (Å²) in [7, 11) is 0. The molecule has 5 nitrogen and oxygen atoms in total. The molecule has 106 valence electrons. The molecule has 5 heteroatoms. The minimum atomic E-state index is -0.735. The first kappa shape index (κ1) is 14.6. The first-order valence-electron chi connectivity index (χ1n) is 6.69. The molecule has 2 aromatic rings. The number of hydrogen-bond donors (Lipinski definition) is 1. The van der Waals surface area contributed by atoms with E-state index in [2.05, 4.69) is 15.3 Å². The number of rotatable bonds is 6. The standard InChI is InChI=1S/C16H16N4O/c17-20-19-15(11-13-7-3-1-4-8-13)16(21)18-12-14-9-5-2-6-10-14/h1-10,15H,11-12H2,(H,18,21)/t15-/m1/s1. The summed E-state index contributed by atoms with van der Waals surface area (Å²) in [6.07, 6.45) is 0.394. The number of nitrogens with zero attached hydrogens (tertiary/aromatic N) is 3.